The Balaban J connectivity index is 2.87. The van der Waals surface area contributed by atoms with Gasteiger partial charge in [-0.15, -0.1) is 11.6 Å². The molecule has 0 spiro atoms. The molecule has 0 radical (unpaired) electrons. The Morgan fingerprint density at radius 1 is 1.33 bits per heavy atom. The second-order valence-corrected chi connectivity index (χ2v) is 6.56. The van der Waals surface area contributed by atoms with Crippen molar-refractivity contribution in [3.8, 4) is 5.75 Å². The number of alkyl halides is 1. The predicted octanol–water partition coefficient (Wildman–Crippen LogP) is 2.34. The summed E-state index contributed by atoms with van der Waals surface area (Å²) in [5.41, 5.74) is 0.609. The van der Waals surface area contributed by atoms with E-state index in [2.05, 4.69) is 0 Å². The molecule has 1 atom stereocenters. The van der Waals surface area contributed by atoms with Gasteiger partial charge in [0.1, 0.15) is 5.75 Å². The van der Waals surface area contributed by atoms with Gasteiger partial charge in [0, 0.05) is 12.9 Å². The van der Waals surface area contributed by atoms with Crippen LogP contribution in [0.2, 0.25) is 0 Å². The monoisotopic (exact) mass is 291 g/mol. The van der Waals surface area contributed by atoms with Gasteiger partial charge in [-0.25, -0.2) is 8.42 Å². The van der Waals surface area contributed by atoms with Crippen LogP contribution in [0.5, 0.6) is 5.75 Å². The number of rotatable bonds is 6. The number of hydrogen-bond acceptors (Lipinski definition) is 3. The molecule has 0 heterocycles. The summed E-state index contributed by atoms with van der Waals surface area (Å²) in [5.74, 6) is 0.991. The molecule has 0 aromatic heterocycles. The molecule has 4 nitrogen and oxygen atoms in total. The maximum atomic E-state index is 12.1. The van der Waals surface area contributed by atoms with Gasteiger partial charge in [-0.3, -0.25) is 4.31 Å². The number of benzene rings is 1. The molecule has 0 saturated heterocycles. The average molecular weight is 292 g/mol. The van der Waals surface area contributed by atoms with Gasteiger partial charge >= 0.3 is 0 Å². The van der Waals surface area contributed by atoms with Crippen LogP contribution < -0.4 is 9.04 Å². The van der Waals surface area contributed by atoms with Crippen molar-refractivity contribution in [2.24, 2.45) is 5.92 Å². The van der Waals surface area contributed by atoms with Crippen molar-refractivity contribution in [3.05, 3.63) is 24.3 Å². The van der Waals surface area contributed by atoms with Crippen LogP contribution in [-0.4, -0.2) is 34.2 Å². The first kappa shape index (κ1) is 15.1. The molecule has 1 rings (SSSR count). The van der Waals surface area contributed by atoms with Crippen LogP contribution in [0.25, 0.3) is 0 Å². The van der Waals surface area contributed by atoms with Gasteiger partial charge in [0.15, 0.2) is 0 Å². The normalized spacial score (nSPS) is 13.1. The number of anilines is 1. The highest BCUT2D eigenvalue weighted by Crippen LogP contribution is 2.21. The molecule has 0 aliphatic carbocycles. The summed E-state index contributed by atoms with van der Waals surface area (Å²) >= 11 is 5.65. The third-order valence-corrected chi connectivity index (χ3v) is 5.17. The van der Waals surface area contributed by atoms with Crippen LogP contribution in [0.3, 0.4) is 0 Å². The quantitative estimate of drug-likeness (QED) is 0.756. The van der Waals surface area contributed by atoms with Crippen molar-refractivity contribution in [1.82, 2.24) is 0 Å². The molecular formula is C12H18ClNO3S. The molecule has 0 N–H and O–H groups in total. The lowest BCUT2D eigenvalue weighted by Crippen LogP contribution is -2.31. The van der Waals surface area contributed by atoms with Crippen LogP contribution in [0.15, 0.2) is 24.3 Å². The summed E-state index contributed by atoms with van der Waals surface area (Å²) in [5, 5.41) is 0. The summed E-state index contributed by atoms with van der Waals surface area (Å²) in [4.78, 5) is 0. The maximum Gasteiger partial charge on any atom is 0.235 e. The van der Waals surface area contributed by atoms with Crippen LogP contribution in [0, 0.1) is 5.92 Å². The van der Waals surface area contributed by atoms with E-state index in [0.717, 1.165) is 0 Å². The van der Waals surface area contributed by atoms with E-state index in [-0.39, 0.29) is 11.7 Å². The molecule has 0 bridgehead atoms. The first-order valence-corrected chi connectivity index (χ1v) is 7.71. The van der Waals surface area contributed by atoms with E-state index in [1.807, 2.05) is 6.92 Å². The lowest BCUT2D eigenvalue weighted by molar-refractivity contribution is 0.415. The zero-order valence-corrected chi connectivity index (χ0v) is 12.3. The van der Waals surface area contributed by atoms with Gasteiger partial charge in [-0.2, -0.15) is 0 Å². The molecule has 18 heavy (non-hydrogen) atoms. The van der Waals surface area contributed by atoms with Gasteiger partial charge in [0.05, 0.1) is 18.6 Å². The molecule has 0 saturated carbocycles. The lowest BCUT2D eigenvalue weighted by atomic mass is 10.3. The van der Waals surface area contributed by atoms with E-state index in [0.29, 0.717) is 17.3 Å². The van der Waals surface area contributed by atoms with E-state index in [1.54, 1.807) is 31.4 Å². The average Bonchev–Trinajstić information content (AvgIpc) is 2.37. The van der Waals surface area contributed by atoms with Gasteiger partial charge in [0.25, 0.3) is 0 Å². The summed E-state index contributed by atoms with van der Waals surface area (Å²) in [6.45, 7) is 1.81. The number of methoxy groups -OCH3 is 1. The molecular weight excluding hydrogens is 274 g/mol. The number of halogens is 1. The van der Waals surface area contributed by atoms with E-state index >= 15 is 0 Å². The smallest absolute Gasteiger partial charge is 0.235 e. The topological polar surface area (TPSA) is 46.6 Å². The summed E-state index contributed by atoms with van der Waals surface area (Å²) in [6, 6.07) is 6.88. The minimum Gasteiger partial charge on any atom is -0.497 e. The number of sulfonamides is 1. The Bertz CT molecular complexity index is 473. The van der Waals surface area contributed by atoms with Crippen molar-refractivity contribution in [3.63, 3.8) is 0 Å². The molecule has 1 aromatic carbocycles. The molecule has 0 aliphatic heterocycles. The molecule has 6 heteroatoms. The standard InChI is InChI=1S/C12H18ClNO3S/c1-10(8-13)9-18(15,16)14(2)11-4-6-12(17-3)7-5-11/h4-7,10H,8-9H2,1-3H3. The van der Waals surface area contributed by atoms with Crippen molar-refractivity contribution < 1.29 is 13.2 Å². The molecule has 1 aromatic rings. The third kappa shape index (κ3) is 3.78. The Morgan fingerprint density at radius 2 is 1.89 bits per heavy atom. The van der Waals surface area contributed by atoms with Gasteiger partial charge < -0.3 is 4.74 Å². The predicted molar refractivity (Wildman–Crippen MR) is 75.1 cm³/mol. The molecule has 0 amide bonds. The summed E-state index contributed by atoms with van der Waals surface area (Å²) in [7, 11) is -0.229. The van der Waals surface area contributed by atoms with Crippen molar-refractivity contribution >= 4 is 27.3 Å². The highest BCUT2D eigenvalue weighted by molar-refractivity contribution is 7.92. The number of nitrogens with zero attached hydrogens (tertiary/aromatic N) is 1. The van der Waals surface area contributed by atoms with E-state index in [9.17, 15) is 8.42 Å². The van der Waals surface area contributed by atoms with Crippen LogP contribution in [0.1, 0.15) is 6.92 Å². The molecule has 0 fully saturated rings. The lowest BCUT2D eigenvalue weighted by Gasteiger charge is -2.21. The van der Waals surface area contributed by atoms with Gasteiger partial charge in [-0.1, -0.05) is 6.92 Å². The molecule has 0 aliphatic rings. The van der Waals surface area contributed by atoms with Gasteiger partial charge in [0.2, 0.25) is 10.0 Å². The van der Waals surface area contributed by atoms with Crippen molar-refractivity contribution in [2.75, 3.05) is 30.1 Å². The summed E-state index contributed by atoms with van der Waals surface area (Å²) < 4.78 is 30.5. The second kappa shape index (κ2) is 6.29. The Kier molecular flexibility index (Phi) is 5.28. The maximum absolute atomic E-state index is 12.1. The SMILES string of the molecule is COc1ccc(N(C)S(=O)(=O)CC(C)CCl)cc1. The van der Waals surface area contributed by atoms with Crippen molar-refractivity contribution in [1.29, 1.82) is 0 Å². The van der Waals surface area contributed by atoms with Crippen LogP contribution >= 0.6 is 11.6 Å². The van der Waals surface area contributed by atoms with E-state index in [1.165, 1.54) is 11.4 Å². The van der Waals surface area contributed by atoms with Gasteiger partial charge in [-0.05, 0) is 30.2 Å². The number of hydrogen-bond donors (Lipinski definition) is 0. The minimum atomic E-state index is -3.34. The van der Waals surface area contributed by atoms with Crippen LogP contribution in [-0.2, 0) is 10.0 Å². The largest absolute Gasteiger partial charge is 0.497 e. The fourth-order valence-electron chi connectivity index (χ4n) is 1.47. The second-order valence-electron chi connectivity index (χ2n) is 4.20. The minimum absolute atomic E-state index is 0.0407. The zero-order valence-electron chi connectivity index (χ0n) is 10.8. The Labute approximate surface area is 114 Å². The fourth-order valence-corrected chi connectivity index (χ4v) is 3.21. The Hall–Kier alpha value is -0.940. The van der Waals surface area contributed by atoms with E-state index < -0.39 is 10.0 Å². The first-order valence-electron chi connectivity index (χ1n) is 5.57. The van der Waals surface area contributed by atoms with Crippen LogP contribution in [0.4, 0.5) is 5.69 Å². The first-order chi connectivity index (χ1) is 8.40. The highest BCUT2D eigenvalue weighted by Gasteiger charge is 2.21. The molecule has 1 unspecified atom stereocenters. The number of ether oxygens (including phenoxy) is 1. The highest BCUT2D eigenvalue weighted by atomic mass is 35.5. The Morgan fingerprint density at radius 3 is 2.33 bits per heavy atom. The molecule has 102 valence electrons. The summed E-state index contributed by atoms with van der Waals surface area (Å²) in [6.07, 6.45) is 0. The third-order valence-electron chi connectivity index (χ3n) is 2.61. The van der Waals surface area contributed by atoms with E-state index in [4.69, 9.17) is 16.3 Å². The van der Waals surface area contributed by atoms with Crippen molar-refractivity contribution in [2.45, 2.75) is 6.92 Å². The zero-order chi connectivity index (χ0) is 13.8. The fraction of sp³-hybridized carbons (Fsp3) is 0.500.